The van der Waals surface area contributed by atoms with Gasteiger partial charge >= 0.3 is 5.97 Å². The topological polar surface area (TPSA) is 163 Å². The molecule has 10 nitrogen and oxygen atoms in total. The van der Waals surface area contributed by atoms with Gasteiger partial charge in [-0.3, -0.25) is 9.59 Å². The number of carbonyl (C=O) groups is 2. The van der Waals surface area contributed by atoms with Gasteiger partial charge in [0.25, 0.3) is 6.47 Å². The van der Waals surface area contributed by atoms with Gasteiger partial charge in [-0.25, -0.2) is 0 Å². The van der Waals surface area contributed by atoms with Crippen LogP contribution in [0.1, 0.15) is 355 Å². The normalized spacial score (nSPS) is 13.2. The molecule has 0 aliphatic heterocycles. The van der Waals surface area contributed by atoms with E-state index >= 15 is 0 Å². The van der Waals surface area contributed by atoms with Crippen molar-refractivity contribution >= 4 is 12.4 Å². The lowest BCUT2D eigenvalue weighted by Gasteiger charge is -2.27. The zero-order valence-corrected chi connectivity index (χ0v) is 54.4. The van der Waals surface area contributed by atoms with Gasteiger partial charge in [0.15, 0.2) is 0 Å². The van der Waals surface area contributed by atoms with Crippen LogP contribution < -0.4 is 11.5 Å². The molecule has 0 aromatic heterocycles. The summed E-state index contributed by atoms with van der Waals surface area (Å²) in [4.78, 5) is 26.2. The Morgan fingerprint density at radius 3 is 0.875 bits per heavy atom. The fourth-order valence-corrected chi connectivity index (χ4v) is 11.9. The molecule has 0 radical (unpaired) electrons. The van der Waals surface area contributed by atoms with Gasteiger partial charge in [-0.05, 0) is 83.0 Å². The molecule has 0 rings (SSSR count). The van der Waals surface area contributed by atoms with Crippen LogP contribution in [0.15, 0.2) is 0 Å². The van der Waals surface area contributed by atoms with Gasteiger partial charge in [-0.1, -0.05) is 304 Å². The van der Waals surface area contributed by atoms with E-state index < -0.39 is 12.2 Å². The number of rotatable bonds is 66. The maximum atomic E-state index is 13.0. The summed E-state index contributed by atoms with van der Waals surface area (Å²) in [7, 11) is 0. The largest absolute Gasteiger partial charge is 0.483 e. The third-order valence-electron chi connectivity index (χ3n) is 17.2. The van der Waals surface area contributed by atoms with Gasteiger partial charge in [0.2, 0.25) is 0 Å². The van der Waals surface area contributed by atoms with E-state index in [1.807, 2.05) is 0 Å². The number of unbranched alkanes of at least 4 members (excludes halogenated alkanes) is 38. The lowest BCUT2D eigenvalue weighted by Crippen LogP contribution is -2.39. The highest BCUT2D eigenvalue weighted by molar-refractivity contribution is 5.69. The van der Waals surface area contributed by atoms with Crippen molar-refractivity contribution in [3.05, 3.63) is 0 Å². The van der Waals surface area contributed by atoms with Crippen LogP contribution in [0.25, 0.3) is 0 Å². The summed E-state index contributed by atoms with van der Waals surface area (Å²) in [5, 5.41) is 28.0. The molecule has 0 amide bonds. The average molecular weight is 1140 g/mol. The first-order chi connectivity index (χ1) is 39.2. The summed E-state index contributed by atoms with van der Waals surface area (Å²) >= 11 is 0. The Kier molecular flexibility index (Phi) is 69.1. The van der Waals surface area contributed by atoms with Crippen LogP contribution >= 0.6 is 0 Å². The molecule has 0 aromatic carbocycles. The Labute approximate surface area is 499 Å². The highest BCUT2D eigenvalue weighted by Crippen LogP contribution is 2.26. The van der Waals surface area contributed by atoms with E-state index in [9.17, 15) is 15.0 Å². The van der Waals surface area contributed by atoms with Gasteiger partial charge in [0.05, 0.1) is 18.8 Å². The molecule has 0 bridgehead atoms. The Morgan fingerprint density at radius 1 is 0.375 bits per heavy atom. The third kappa shape index (κ3) is 62.7. The summed E-state index contributed by atoms with van der Waals surface area (Å²) in [5.74, 6) is 1.39. The van der Waals surface area contributed by atoms with Gasteiger partial charge in [0.1, 0.15) is 0 Å². The van der Waals surface area contributed by atoms with E-state index in [0.717, 1.165) is 64.2 Å². The van der Waals surface area contributed by atoms with Crippen LogP contribution in [-0.4, -0.2) is 109 Å². The van der Waals surface area contributed by atoms with E-state index in [1.54, 1.807) is 0 Å². The summed E-state index contributed by atoms with van der Waals surface area (Å²) in [6, 6.07) is 0. The SMILES string of the molecule is CCCCCCCCCCCCC(CCCCCCCCCC)CCCCCCN(CCCCN(CCCCCC(=O)OCC(CCCCCCCCCC)CCCCCCCCCCCC)CC(O)CN)CC(O)CN.O=CO. The maximum absolute atomic E-state index is 13.0. The zero-order chi connectivity index (χ0) is 58.9. The summed E-state index contributed by atoms with van der Waals surface area (Å²) in [6.07, 6.45) is 66.0. The molecule has 0 aliphatic carbocycles. The van der Waals surface area contributed by atoms with Crippen molar-refractivity contribution in [2.75, 3.05) is 59.0 Å². The van der Waals surface area contributed by atoms with Crippen LogP contribution in [0.4, 0.5) is 0 Å². The predicted octanol–water partition coefficient (Wildman–Crippen LogP) is 18.7. The Balaban J connectivity index is 0. The monoisotopic (exact) mass is 1140 g/mol. The zero-order valence-electron chi connectivity index (χ0n) is 54.4. The van der Waals surface area contributed by atoms with Crippen molar-refractivity contribution in [2.45, 2.75) is 367 Å². The Morgan fingerprint density at radius 2 is 0.600 bits per heavy atom. The minimum atomic E-state index is -0.527. The fraction of sp³-hybridized carbons (Fsp3) is 0.971. The number of aliphatic hydroxyl groups is 2. The maximum Gasteiger partial charge on any atom is 0.305 e. The van der Waals surface area contributed by atoms with Crippen molar-refractivity contribution in [1.29, 1.82) is 0 Å². The molecule has 10 heteroatoms. The van der Waals surface area contributed by atoms with Gasteiger partial charge in [-0.2, -0.15) is 0 Å². The van der Waals surface area contributed by atoms with E-state index in [-0.39, 0.29) is 19.0 Å². The van der Waals surface area contributed by atoms with Crippen molar-refractivity contribution < 1.29 is 29.6 Å². The number of nitrogens with zero attached hydrogens (tertiary/aromatic N) is 2. The van der Waals surface area contributed by atoms with Crippen molar-refractivity contribution in [2.24, 2.45) is 23.3 Å². The standard InChI is InChI=1S/C69H142N4O4.CH2O2/c1-5-9-13-17-21-25-27-31-34-41-51-65(50-40-33-29-23-19-15-11-7-3)52-42-37-38-46-56-72(62-67(74)60-70)58-48-49-59-73(63-68(75)61-71)57-47-39-45-55-69(76)77-64-66(53-43-35-30-24-20-16-12-8-4)54-44-36-32-28-26-22-18-14-10-6-2;2-1-3/h65-68,74-75H,5-64,70-71H2,1-4H3;1H,(H,2,3). The molecular weight excluding hydrogens is 993 g/mol. The molecule has 0 aromatic rings. The first-order valence-corrected chi connectivity index (χ1v) is 35.7. The number of carboxylic acid groups (broad SMARTS) is 1. The highest BCUT2D eigenvalue weighted by Gasteiger charge is 2.16. The molecule has 0 fully saturated rings. The second-order valence-corrected chi connectivity index (χ2v) is 25.1. The minimum absolute atomic E-state index is 0.0264. The Bertz CT molecular complexity index is 1180. The quantitative estimate of drug-likeness (QED) is 0.0225. The van der Waals surface area contributed by atoms with Crippen molar-refractivity contribution in [3.63, 3.8) is 0 Å². The van der Waals surface area contributed by atoms with E-state index in [1.165, 1.54) is 289 Å². The van der Waals surface area contributed by atoms with Crippen LogP contribution in [0.5, 0.6) is 0 Å². The minimum Gasteiger partial charge on any atom is -0.483 e. The number of carbonyl (C=O) groups excluding carboxylic acids is 1. The molecule has 0 saturated heterocycles. The van der Waals surface area contributed by atoms with Gasteiger partial charge in [0, 0.05) is 32.6 Å². The predicted molar refractivity (Wildman–Crippen MR) is 348 cm³/mol. The number of hydrogen-bond donors (Lipinski definition) is 5. The molecular formula is C70H144N4O6. The number of nitrogens with two attached hydrogens (primary N) is 2. The molecule has 0 heterocycles. The summed E-state index contributed by atoms with van der Waals surface area (Å²) in [6.45, 7) is 15.2. The number of hydrogen-bond acceptors (Lipinski definition) is 9. The molecule has 0 saturated carbocycles. The van der Waals surface area contributed by atoms with Crippen LogP contribution in [0.2, 0.25) is 0 Å². The first kappa shape index (κ1) is 80.8. The van der Waals surface area contributed by atoms with Crippen LogP contribution in [0, 0.1) is 11.8 Å². The van der Waals surface area contributed by atoms with Crippen molar-refractivity contribution in [3.8, 4) is 0 Å². The second kappa shape index (κ2) is 68.5. The molecule has 4 unspecified atom stereocenters. The summed E-state index contributed by atoms with van der Waals surface area (Å²) in [5.41, 5.74) is 11.8. The van der Waals surface area contributed by atoms with Gasteiger partial charge in [-0.15, -0.1) is 0 Å². The fourth-order valence-electron chi connectivity index (χ4n) is 11.9. The number of esters is 1. The smallest absolute Gasteiger partial charge is 0.305 e. The number of ether oxygens (including phenoxy) is 1. The second-order valence-electron chi connectivity index (χ2n) is 25.1. The number of aliphatic hydroxyl groups excluding tert-OH is 2. The third-order valence-corrected chi connectivity index (χ3v) is 17.2. The molecule has 480 valence electrons. The van der Waals surface area contributed by atoms with Crippen LogP contribution in [-0.2, 0) is 14.3 Å². The summed E-state index contributed by atoms with van der Waals surface area (Å²) < 4.78 is 5.97. The molecule has 0 aliphatic rings. The van der Waals surface area contributed by atoms with Crippen molar-refractivity contribution in [1.82, 2.24) is 9.80 Å². The highest BCUT2D eigenvalue weighted by atomic mass is 16.5. The van der Waals surface area contributed by atoms with E-state index in [0.29, 0.717) is 38.6 Å². The first-order valence-electron chi connectivity index (χ1n) is 35.7. The van der Waals surface area contributed by atoms with E-state index in [2.05, 4.69) is 37.5 Å². The lowest BCUT2D eigenvalue weighted by molar-refractivity contribution is -0.145. The van der Waals surface area contributed by atoms with Gasteiger partial charge < -0.3 is 41.3 Å². The molecule has 4 atom stereocenters. The molecule has 0 spiro atoms. The van der Waals surface area contributed by atoms with Crippen LogP contribution in [0.3, 0.4) is 0 Å². The van der Waals surface area contributed by atoms with E-state index in [4.69, 9.17) is 26.1 Å². The Hall–Kier alpha value is -1.30. The average Bonchev–Trinajstić information content (AvgIpc) is 3.45. The molecule has 80 heavy (non-hydrogen) atoms. The lowest BCUT2D eigenvalue weighted by atomic mass is 9.89. The molecule has 7 N–H and O–H groups in total.